The van der Waals surface area contributed by atoms with Gasteiger partial charge in [0.25, 0.3) is 0 Å². The Balaban J connectivity index is 1.51. The van der Waals surface area contributed by atoms with Gasteiger partial charge in [0.2, 0.25) is 5.91 Å². The minimum atomic E-state index is 0.194. The molecule has 0 spiro atoms. The molecule has 4 nitrogen and oxygen atoms in total. The summed E-state index contributed by atoms with van der Waals surface area (Å²) in [4.78, 5) is 16.7. The Bertz CT molecular complexity index is 467. The first kappa shape index (κ1) is 18.9. The van der Waals surface area contributed by atoms with Crippen molar-refractivity contribution < 1.29 is 4.79 Å². The standard InChI is InChI=1S/C20H33N3O/c1-18(2)16-20(24)21-10-6-7-11-22-12-14-23(15-13-22)17-19-8-4-3-5-9-19/h3-5,8-9,18H,6-7,10-17H2,1-2H3,(H,21,24). The molecule has 1 N–H and O–H groups in total. The van der Waals surface area contributed by atoms with Crippen LogP contribution >= 0.6 is 0 Å². The zero-order valence-corrected chi connectivity index (χ0v) is 15.3. The van der Waals surface area contributed by atoms with Crippen molar-refractivity contribution in [2.24, 2.45) is 5.92 Å². The number of carbonyl (C=O) groups excluding carboxylic acids is 1. The molecule has 134 valence electrons. The van der Waals surface area contributed by atoms with Crippen LogP contribution in [0, 0.1) is 5.92 Å². The summed E-state index contributed by atoms with van der Waals surface area (Å²) in [6, 6.07) is 10.7. The second-order valence-electron chi connectivity index (χ2n) is 7.26. The van der Waals surface area contributed by atoms with Gasteiger partial charge in [-0.1, -0.05) is 44.2 Å². The molecule has 1 aliphatic rings. The van der Waals surface area contributed by atoms with E-state index in [1.54, 1.807) is 0 Å². The van der Waals surface area contributed by atoms with Crippen molar-refractivity contribution in [1.82, 2.24) is 15.1 Å². The molecule has 1 amide bonds. The Labute approximate surface area is 147 Å². The summed E-state index contributed by atoms with van der Waals surface area (Å²) in [5.74, 6) is 0.636. The van der Waals surface area contributed by atoms with E-state index in [4.69, 9.17) is 0 Å². The first-order valence-corrected chi connectivity index (χ1v) is 9.39. The molecule has 1 heterocycles. The Morgan fingerprint density at radius 2 is 1.71 bits per heavy atom. The van der Waals surface area contributed by atoms with Crippen LogP contribution in [-0.2, 0) is 11.3 Å². The molecule has 1 aromatic rings. The molecule has 0 unspecified atom stereocenters. The number of rotatable bonds is 9. The molecule has 1 aliphatic heterocycles. The number of hydrogen-bond donors (Lipinski definition) is 1. The predicted octanol–water partition coefficient (Wildman–Crippen LogP) is 2.75. The van der Waals surface area contributed by atoms with Crippen LogP contribution in [0.2, 0.25) is 0 Å². The molecule has 0 bridgehead atoms. The SMILES string of the molecule is CC(C)CC(=O)NCCCCN1CCN(Cc2ccccc2)CC1. The van der Waals surface area contributed by atoms with Crippen molar-refractivity contribution in [3.05, 3.63) is 35.9 Å². The van der Waals surface area contributed by atoms with E-state index in [1.807, 2.05) is 0 Å². The fraction of sp³-hybridized carbons (Fsp3) is 0.650. The molecular weight excluding hydrogens is 298 g/mol. The molecule has 1 saturated heterocycles. The number of carbonyl (C=O) groups is 1. The highest BCUT2D eigenvalue weighted by Gasteiger charge is 2.16. The summed E-state index contributed by atoms with van der Waals surface area (Å²) >= 11 is 0. The van der Waals surface area contributed by atoms with Crippen molar-refractivity contribution in [3.63, 3.8) is 0 Å². The van der Waals surface area contributed by atoms with Gasteiger partial charge in [0.1, 0.15) is 0 Å². The molecule has 24 heavy (non-hydrogen) atoms. The smallest absolute Gasteiger partial charge is 0.220 e. The van der Waals surface area contributed by atoms with E-state index in [1.165, 1.54) is 12.0 Å². The highest BCUT2D eigenvalue weighted by Crippen LogP contribution is 2.09. The van der Waals surface area contributed by atoms with Crippen molar-refractivity contribution in [2.75, 3.05) is 39.3 Å². The van der Waals surface area contributed by atoms with Gasteiger partial charge in [-0.25, -0.2) is 0 Å². The minimum absolute atomic E-state index is 0.194. The van der Waals surface area contributed by atoms with Gasteiger partial charge >= 0.3 is 0 Å². The van der Waals surface area contributed by atoms with Crippen LogP contribution in [0.15, 0.2) is 30.3 Å². The summed E-state index contributed by atoms with van der Waals surface area (Å²) in [5.41, 5.74) is 1.41. The average molecular weight is 332 g/mol. The van der Waals surface area contributed by atoms with Crippen molar-refractivity contribution in [2.45, 2.75) is 39.7 Å². The van der Waals surface area contributed by atoms with Crippen molar-refractivity contribution in [1.29, 1.82) is 0 Å². The van der Waals surface area contributed by atoms with Crippen LogP contribution in [0.1, 0.15) is 38.7 Å². The van der Waals surface area contributed by atoms with Gasteiger partial charge in [0, 0.05) is 45.7 Å². The lowest BCUT2D eigenvalue weighted by Crippen LogP contribution is -2.46. The van der Waals surface area contributed by atoms with Gasteiger partial charge in [-0.05, 0) is 30.9 Å². The van der Waals surface area contributed by atoms with Gasteiger partial charge in [-0.15, -0.1) is 0 Å². The molecule has 1 aromatic carbocycles. The molecule has 0 atom stereocenters. The van der Waals surface area contributed by atoms with Gasteiger partial charge in [0.15, 0.2) is 0 Å². The summed E-state index contributed by atoms with van der Waals surface area (Å²) in [6.07, 6.45) is 2.89. The number of unbranched alkanes of at least 4 members (excludes halogenated alkanes) is 1. The first-order valence-electron chi connectivity index (χ1n) is 9.39. The van der Waals surface area contributed by atoms with Gasteiger partial charge in [-0.2, -0.15) is 0 Å². The third-order valence-electron chi connectivity index (χ3n) is 4.53. The summed E-state index contributed by atoms with van der Waals surface area (Å²) in [5, 5.41) is 3.02. The fourth-order valence-corrected chi connectivity index (χ4v) is 3.14. The minimum Gasteiger partial charge on any atom is -0.356 e. The van der Waals surface area contributed by atoms with Crippen LogP contribution in [0.25, 0.3) is 0 Å². The van der Waals surface area contributed by atoms with E-state index < -0.39 is 0 Å². The third kappa shape index (κ3) is 7.45. The maximum Gasteiger partial charge on any atom is 0.220 e. The summed E-state index contributed by atoms with van der Waals surface area (Å²) in [6.45, 7) is 11.8. The normalized spacial score (nSPS) is 16.5. The Morgan fingerprint density at radius 1 is 1.04 bits per heavy atom. The fourth-order valence-electron chi connectivity index (χ4n) is 3.14. The van der Waals surface area contributed by atoms with E-state index in [9.17, 15) is 4.79 Å². The number of nitrogens with one attached hydrogen (secondary N) is 1. The highest BCUT2D eigenvalue weighted by atomic mass is 16.1. The topological polar surface area (TPSA) is 35.6 Å². The van der Waals surface area contributed by atoms with E-state index in [-0.39, 0.29) is 5.91 Å². The Morgan fingerprint density at radius 3 is 2.38 bits per heavy atom. The lowest BCUT2D eigenvalue weighted by Gasteiger charge is -2.34. The zero-order chi connectivity index (χ0) is 17.2. The van der Waals surface area contributed by atoms with Gasteiger partial charge in [0.05, 0.1) is 0 Å². The molecular formula is C20H33N3O. The molecule has 0 aromatic heterocycles. The van der Waals surface area contributed by atoms with Gasteiger partial charge in [-0.3, -0.25) is 9.69 Å². The molecule has 1 fully saturated rings. The van der Waals surface area contributed by atoms with E-state index in [0.717, 1.165) is 52.2 Å². The van der Waals surface area contributed by atoms with Crippen LogP contribution in [-0.4, -0.2) is 55.0 Å². The van der Waals surface area contributed by atoms with Gasteiger partial charge < -0.3 is 10.2 Å². The Kier molecular flexibility index (Phi) is 8.26. The lowest BCUT2D eigenvalue weighted by atomic mass is 10.1. The van der Waals surface area contributed by atoms with Crippen LogP contribution in [0.5, 0.6) is 0 Å². The average Bonchev–Trinajstić information content (AvgIpc) is 2.56. The number of benzene rings is 1. The number of piperazine rings is 1. The zero-order valence-electron chi connectivity index (χ0n) is 15.3. The number of amides is 1. The number of nitrogens with zero attached hydrogens (tertiary/aromatic N) is 2. The lowest BCUT2D eigenvalue weighted by molar-refractivity contribution is -0.121. The highest BCUT2D eigenvalue weighted by molar-refractivity contribution is 5.75. The van der Waals surface area contributed by atoms with Crippen molar-refractivity contribution in [3.8, 4) is 0 Å². The third-order valence-corrected chi connectivity index (χ3v) is 4.53. The molecule has 4 heteroatoms. The van der Waals surface area contributed by atoms with E-state index >= 15 is 0 Å². The maximum absolute atomic E-state index is 11.6. The maximum atomic E-state index is 11.6. The number of hydrogen-bond acceptors (Lipinski definition) is 3. The van der Waals surface area contributed by atoms with Crippen LogP contribution in [0.3, 0.4) is 0 Å². The first-order chi connectivity index (χ1) is 11.6. The molecule has 2 rings (SSSR count). The van der Waals surface area contributed by atoms with E-state index in [2.05, 4.69) is 59.3 Å². The van der Waals surface area contributed by atoms with Crippen LogP contribution in [0.4, 0.5) is 0 Å². The summed E-state index contributed by atoms with van der Waals surface area (Å²) in [7, 11) is 0. The molecule has 0 aliphatic carbocycles. The monoisotopic (exact) mass is 331 g/mol. The van der Waals surface area contributed by atoms with E-state index in [0.29, 0.717) is 12.3 Å². The Hall–Kier alpha value is -1.39. The summed E-state index contributed by atoms with van der Waals surface area (Å²) < 4.78 is 0. The largest absolute Gasteiger partial charge is 0.356 e. The second-order valence-corrected chi connectivity index (χ2v) is 7.26. The van der Waals surface area contributed by atoms with Crippen LogP contribution < -0.4 is 5.32 Å². The predicted molar refractivity (Wildman–Crippen MR) is 99.9 cm³/mol. The van der Waals surface area contributed by atoms with Crippen molar-refractivity contribution >= 4 is 5.91 Å². The second kappa shape index (κ2) is 10.5. The quantitative estimate of drug-likeness (QED) is 0.707. The molecule has 0 radical (unpaired) electrons. The molecule has 0 saturated carbocycles.